The zero-order valence-electron chi connectivity index (χ0n) is 6.39. The molecule has 0 atom stereocenters. The van der Waals surface area contributed by atoms with Crippen LogP contribution in [0.1, 0.15) is 0 Å². The maximum atomic E-state index is 12.6. The molecule has 0 bridgehead atoms. The van der Waals surface area contributed by atoms with Crippen LogP contribution >= 0.6 is 27.5 Å². The zero-order valence-corrected chi connectivity index (χ0v) is 8.73. The van der Waals surface area contributed by atoms with Crippen molar-refractivity contribution in [2.75, 3.05) is 5.88 Å². The van der Waals surface area contributed by atoms with Crippen LogP contribution in [0, 0.1) is 5.82 Å². The Morgan fingerprint density at radius 2 is 2.31 bits per heavy atom. The predicted molar refractivity (Wildman–Crippen MR) is 50.5 cm³/mol. The van der Waals surface area contributed by atoms with Crippen molar-refractivity contribution >= 4 is 33.5 Å². The van der Waals surface area contributed by atoms with Gasteiger partial charge in [-0.25, -0.2) is 4.39 Å². The second-order valence-corrected chi connectivity index (χ2v) is 3.30. The number of hydrogen-bond acceptors (Lipinski definition) is 2. The number of halogens is 3. The average Bonchev–Trinajstić information content (AvgIpc) is 2.09. The first-order chi connectivity index (χ1) is 6.13. The SMILES string of the molecule is O=C(CCl)Oc1ccc(F)cc1Br. The number of carbonyl (C=O) groups excluding carboxylic acids is 1. The normalized spacial score (nSPS) is 9.77. The summed E-state index contributed by atoms with van der Waals surface area (Å²) in [5.74, 6) is -0.956. The first kappa shape index (κ1) is 10.5. The molecule has 0 aromatic heterocycles. The lowest BCUT2D eigenvalue weighted by atomic mass is 10.3. The fourth-order valence-electron chi connectivity index (χ4n) is 0.708. The molecule has 13 heavy (non-hydrogen) atoms. The van der Waals surface area contributed by atoms with E-state index in [-0.39, 0.29) is 11.6 Å². The maximum Gasteiger partial charge on any atom is 0.326 e. The lowest BCUT2D eigenvalue weighted by Crippen LogP contribution is -2.09. The Bertz CT molecular complexity index is 330. The molecule has 0 saturated carbocycles. The molecule has 0 fully saturated rings. The molecule has 0 unspecified atom stereocenters. The highest BCUT2D eigenvalue weighted by molar-refractivity contribution is 9.10. The fraction of sp³-hybridized carbons (Fsp3) is 0.125. The summed E-state index contributed by atoms with van der Waals surface area (Å²) in [4.78, 5) is 10.7. The van der Waals surface area contributed by atoms with Crippen molar-refractivity contribution in [3.63, 3.8) is 0 Å². The van der Waals surface area contributed by atoms with Crippen LogP contribution in [0.25, 0.3) is 0 Å². The molecule has 0 aliphatic rings. The van der Waals surface area contributed by atoms with E-state index >= 15 is 0 Å². The third-order valence-corrected chi connectivity index (χ3v) is 2.06. The van der Waals surface area contributed by atoms with Gasteiger partial charge in [0.05, 0.1) is 4.47 Å². The maximum absolute atomic E-state index is 12.6. The highest BCUT2D eigenvalue weighted by Gasteiger charge is 2.06. The largest absolute Gasteiger partial charge is 0.424 e. The summed E-state index contributed by atoms with van der Waals surface area (Å²) in [6.07, 6.45) is 0. The van der Waals surface area contributed by atoms with E-state index in [0.717, 1.165) is 0 Å². The molecule has 1 rings (SSSR count). The van der Waals surface area contributed by atoms with Crippen LogP contribution in [0.4, 0.5) is 4.39 Å². The predicted octanol–water partition coefficient (Wildman–Crippen LogP) is 2.73. The minimum Gasteiger partial charge on any atom is -0.424 e. The van der Waals surface area contributed by atoms with Crippen LogP contribution in [0.2, 0.25) is 0 Å². The fourth-order valence-corrected chi connectivity index (χ4v) is 1.19. The van der Waals surface area contributed by atoms with Gasteiger partial charge < -0.3 is 4.74 Å². The van der Waals surface area contributed by atoms with E-state index in [1.165, 1.54) is 18.2 Å². The van der Waals surface area contributed by atoms with Crippen molar-refractivity contribution in [2.24, 2.45) is 0 Å². The van der Waals surface area contributed by atoms with E-state index < -0.39 is 11.8 Å². The van der Waals surface area contributed by atoms with Crippen LogP contribution in [0.15, 0.2) is 22.7 Å². The van der Waals surface area contributed by atoms with Crippen molar-refractivity contribution in [3.05, 3.63) is 28.5 Å². The molecule has 2 nitrogen and oxygen atoms in total. The smallest absolute Gasteiger partial charge is 0.326 e. The molecule has 1 aromatic carbocycles. The van der Waals surface area contributed by atoms with Crippen molar-refractivity contribution in [2.45, 2.75) is 0 Å². The molecule has 1 aromatic rings. The molecule has 0 saturated heterocycles. The minimum absolute atomic E-state index is 0.232. The van der Waals surface area contributed by atoms with Crippen LogP contribution < -0.4 is 4.74 Å². The molecule has 0 amide bonds. The number of esters is 1. The standard InChI is InChI=1S/C8H5BrClFO2/c9-6-3-5(11)1-2-7(6)13-8(12)4-10/h1-3H,4H2. The average molecular weight is 267 g/mol. The van der Waals surface area contributed by atoms with E-state index in [9.17, 15) is 9.18 Å². The number of hydrogen-bond donors (Lipinski definition) is 0. The number of benzene rings is 1. The van der Waals surface area contributed by atoms with Crippen LogP contribution in [0.3, 0.4) is 0 Å². The van der Waals surface area contributed by atoms with Gasteiger partial charge in [-0.05, 0) is 34.1 Å². The number of ether oxygens (including phenoxy) is 1. The van der Waals surface area contributed by atoms with Gasteiger partial charge >= 0.3 is 5.97 Å². The lowest BCUT2D eigenvalue weighted by molar-refractivity contribution is -0.131. The van der Waals surface area contributed by atoms with Crippen molar-refractivity contribution in [3.8, 4) is 5.75 Å². The van der Waals surface area contributed by atoms with Crippen molar-refractivity contribution in [1.82, 2.24) is 0 Å². The van der Waals surface area contributed by atoms with Crippen LogP contribution in [-0.4, -0.2) is 11.8 Å². The Kier molecular flexibility index (Phi) is 3.69. The summed E-state index contributed by atoms with van der Waals surface area (Å²) in [7, 11) is 0. The van der Waals surface area contributed by atoms with E-state index in [1.54, 1.807) is 0 Å². The van der Waals surface area contributed by atoms with Gasteiger partial charge in [0, 0.05) is 0 Å². The molecule has 5 heteroatoms. The van der Waals surface area contributed by atoms with Crippen molar-refractivity contribution in [1.29, 1.82) is 0 Å². The number of alkyl halides is 1. The highest BCUT2D eigenvalue weighted by Crippen LogP contribution is 2.25. The molecule has 0 N–H and O–H groups in total. The second kappa shape index (κ2) is 4.58. The molecule has 0 aliphatic heterocycles. The van der Waals surface area contributed by atoms with Gasteiger partial charge in [-0.15, -0.1) is 11.6 Å². The minimum atomic E-state index is -0.575. The summed E-state index contributed by atoms with van der Waals surface area (Å²) in [5, 5.41) is 0. The van der Waals surface area contributed by atoms with E-state index in [4.69, 9.17) is 16.3 Å². The van der Waals surface area contributed by atoms with Gasteiger partial charge in [0.15, 0.2) is 0 Å². The van der Waals surface area contributed by atoms with Gasteiger partial charge in [-0.1, -0.05) is 0 Å². The zero-order chi connectivity index (χ0) is 9.84. The third-order valence-electron chi connectivity index (χ3n) is 1.23. The van der Waals surface area contributed by atoms with Gasteiger partial charge in [0.25, 0.3) is 0 Å². The van der Waals surface area contributed by atoms with Gasteiger partial charge in [0.2, 0.25) is 0 Å². The Morgan fingerprint density at radius 1 is 1.62 bits per heavy atom. The number of rotatable bonds is 2. The summed E-state index contributed by atoms with van der Waals surface area (Å²) >= 11 is 8.27. The first-order valence-electron chi connectivity index (χ1n) is 3.35. The van der Waals surface area contributed by atoms with Gasteiger partial charge in [-0.3, -0.25) is 4.79 Å². The molecular formula is C8H5BrClFO2. The van der Waals surface area contributed by atoms with E-state index in [2.05, 4.69) is 15.9 Å². The molecule has 0 heterocycles. The van der Waals surface area contributed by atoms with Crippen LogP contribution in [0.5, 0.6) is 5.75 Å². The second-order valence-electron chi connectivity index (χ2n) is 2.18. The topological polar surface area (TPSA) is 26.3 Å². The molecule has 0 spiro atoms. The lowest BCUT2D eigenvalue weighted by Gasteiger charge is -2.03. The summed E-state index contributed by atoms with van der Waals surface area (Å²) in [6.45, 7) is 0. The molecular weight excluding hydrogens is 262 g/mol. The number of carbonyl (C=O) groups is 1. The van der Waals surface area contributed by atoms with Gasteiger partial charge in [-0.2, -0.15) is 0 Å². The summed E-state index contributed by atoms with van der Waals surface area (Å²) in [6, 6.07) is 3.75. The monoisotopic (exact) mass is 266 g/mol. The first-order valence-corrected chi connectivity index (χ1v) is 4.68. The Labute approximate surface area is 87.8 Å². The Hall–Kier alpha value is -0.610. The Balaban J connectivity index is 2.83. The van der Waals surface area contributed by atoms with E-state index in [1.807, 2.05) is 0 Å². The molecule has 0 radical (unpaired) electrons. The summed E-state index contributed by atoms with van der Waals surface area (Å²) < 4.78 is 17.7. The highest BCUT2D eigenvalue weighted by atomic mass is 79.9. The Morgan fingerprint density at radius 3 is 2.85 bits per heavy atom. The van der Waals surface area contributed by atoms with Gasteiger partial charge in [0.1, 0.15) is 17.4 Å². The quantitative estimate of drug-likeness (QED) is 0.468. The molecule has 70 valence electrons. The molecule has 0 aliphatic carbocycles. The van der Waals surface area contributed by atoms with Crippen molar-refractivity contribution < 1.29 is 13.9 Å². The summed E-state index contributed by atoms with van der Waals surface area (Å²) in [5.41, 5.74) is 0. The third kappa shape index (κ3) is 2.97. The van der Waals surface area contributed by atoms with Crippen LogP contribution in [-0.2, 0) is 4.79 Å². The van der Waals surface area contributed by atoms with E-state index in [0.29, 0.717) is 4.47 Å².